The first kappa shape index (κ1) is 19.5. The van der Waals surface area contributed by atoms with E-state index in [0.29, 0.717) is 17.4 Å². The van der Waals surface area contributed by atoms with Crippen LogP contribution in [0.4, 0.5) is 20.0 Å². The van der Waals surface area contributed by atoms with Crippen LogP contribution in [0.2, 0.25) is 0 Å². The molecule has 3 aromatic rings. The molecule has 8 heteroatoms. The van der Waals surface area contributed by atoms with Gasteiger partial charge in [-0.25, -0.2) is 14.2 Å². The summed E-state index contributed by atoms with van der Waals surface area (Å²) in [6.45, 7) is 0.541. The monoisotopic (exact) mass is 398 g/mol. The SMILES string of the molecule is O=C(Nc1ccc(F)cc1)Nc1nc(C(=O)NCCCc2ccccc2)cs1. The van der Waals surface area contributed by atoms with Gasteiger partial charge in [-0.05, 0) is 42.7 Å². The average Bonchev–Trinajstić information content (AvgIpc) is 3.16. The van der Waals surface area contributed by atoms with E-state index in [1.807, 2.05) is 18.2 Å². The summed E-state index contributed by atoms with van der Waals surface area (Å²) in [6, 6.07) is 14.9. The topological polar surface area (TPSA) is 83.1 Å². The number of halogens is 1. The van der Waals surface area contributed by atoms with Crippen LogP contribution in [0.5, 0.6) is 0 Å². The zero-order valence-corrected chi connectivity index (χ0v) is 15.8. The summed E-state index contributed by atoms with van der Waals surface area (Å²) in [5.74, 6) is -0.665. The number of hydrogen-bond donors (Lipinski definition) is 3. The number of benzene rings is 2. The van der Waals surface area contributed by atoms with Gasteiger partial charge < -0.3 is 10.6 Å². The molecular formula is C20H19FN4O2S. The number of nitrogens with zero attached hydrogens (tertiary/aromatic N) is 1. The number of nitrogens with one attached hydrogen (secondary N) is 3. The highest BCUT2D eigenvalue weighted by Gasteiger charge is 2.12. The van der Waals surface area contributed by atoms with E-state index in [2.05, 4.69) is 33.1 Å². The maximum atomic E-state index is 12.9. The third kappa shape index (κ3) is 5.88. The fourth-order valence-corrected chi connectivity index (χ4v) is 3.14. The van der Waals surface area contributed by atoms with Gasteiger partial charge in [-0.15, -0.1) is 11.3 Å². The van der Waals surface area contributed by atoms with Crippen LogP contribution in [0.25, 0.3) is 0 Å². The number of carbonyl (C=O) groups excluding carboxylic acids is 2. The van der Waals surface area contributed by atoms with Crippen LogP contribution in [-0.2, 0) is 6.42 Å². The van der Waals surface area contributed by atoms with Crippen molar-refractivity contribution in [3.63, 3.8) is 0 Å². The summed E-state index contributed by atoms with van der Waals surface area (Å²) in [5, 5.41) is 9.82. The first-order valence-corrected chi connectivity index (χ1v) is 9.59. The van der Waals surface area contributed by atoms with Gasteiger partial charge in [-0.3, -0.25) is 10.1 Å². The van der Waals surface area contributed by atoms with Gasteiger partial charge in [0.25, 0.3) is 5.91 Å². The lowest BCUT2D eigenvalue weighted by molar-refractivity contribution is 0.0949. The van der Waals surface area contributed by atoms with Crippen molar-refractivity contribution < 1.29 is 14.0 Å². The van der Waals surface area contributed by atoms with Gasteiger partial charge in [0.15, 0.2) is 5.13 Å². The molecule has 0 atom stereocenters. The molecule has 3 N–H and O–H groups in total. The molecule has 0 aliphatic rings. The molecule has 0 aliphatic heterocycles. The Hall–Kier alpha value is -3.26. The molecule has 6 nitrogen and oxygen atoms in total. The first-order valence-electron chi connectivity index (χ1n) is 8.71. The third-order valence-corrected chi connectivity index (χ3v) is 4.59. The lowest BCUT2D eigenvalue weighted by atomic mass is 10.1. The number of anilines is 2. The van der Waals surface area contributed by atoms with Gasteiger partial charge in [0.05, 0.1) is 0 Å². The number of carbonyl (C=O) groups is 2. The van der Waals surface area contributed by atoms with Gasteiger partial charge in [-0.1, -0.05) is 30.3 Å². The van der Waals surface area contributed by atoms with Gasteiger partial charge in [0.1, 0.15) is 11.5 Å². The summed E-state index contributed by atoms with van der Waals surface area (Å²) >= 11 is 1.15. The zero-order chi connectivity index (χ0) is 19.8. The van der Waals surface area contributed by atoms with Crippen molar-refractivity contribution in [1.82, 2.24) is 10.3 Å². The van der Waals surface area contributed by atoms with Crippen molar-refractivity contribution >= 4 is 34.1 Å². The Balaban J connectivity index is 1.43. The van der Waals surface area contributed by atoms with Crippen molar-refractivity contribution in [1.29, 1.82) is 0 Å². The molecule has 0 fully saturated rings. The molecule has 0 bridgehead atoms. The second-order valence-corrected chi connectivity index (χ2v) is 6.83. The molecule has 2 aromatic carbocycles. The van der Waals surface area contributed by atoms with Crippen molar-refractivity contribution in [2.45, 2.75) is 12.8 Å². The lowest BCUT2D eigenvalue weighted by Gasteiger charge is -2.05. The molecular weight excluding hydrogens is 379 g/mol. The molecule has 0 spiro atoms. The van der Waals surface area contributed by atoms with Gasteiger partial charge >= 0.3 is 6.03 Å². The van der Waals surface area contributed by atoms with Crippen LogP contribution >= 0.6 is 11.3 Å². The third-order valence-electron chi connectivity index (χ3n) is 3.83. The van der Waals surface area contributed by atoms with E-state index < -0.39 is 6.03 Å². The highest BCUT2D eigenvalue weighted by Crippen LogP contribution is 2.16. The molecule has 144 valence electrons. The van der Waals surface area contributed by atoms with Crippen molar-refractivity contribution in [3.05, 3.63) is 77.1 Å². The second-order valence-electron chi connectivity index (χ2n) is 5.97. The minimum atomic E-state index is -0.518. The number of amides is 3. The van der Waals surface area contributed by atoms with Crippen molar-refractivity contribution in [2.75, 3.05) is 17.2 Å². The summed E-state index contributed by atoms with van der Waals surface area (Å²) in [7, 11) is 0. The Kier molecular flexibility index (Phi) is 6.69. The number of urea groups is 1. The maximum absolute atomic E-state index is 12.9. The summed E-state index contributed by atoms with van der Waals surface area (Å²) in [4.78, 5) is 28.2. The van der Waals surface area contributed by atoms with E-state index >= 15 is 0 Å². The van der Waals surface area contributed by atoms with Crippen LogP contribution in [-0.4, -0.2) is 23.5 Å². The molecule has 3 amide bonds. The molecule has 3 rings (SSSR count). The molecule has 0 saturated heterocycles. The standard InChI is InChI=1S/C20H19FN4O2S/c21-15-8-10-16(11-9-15)23-19(27)25-20-24-17(13-28-20)18(26)22-12-4-7-14-5-2-1-3-6-14/h1-3,5-6,8-11,13H,4,7,12H2,(H,22,26)(H2,23,24,25,27). The predicted octanol–water partition coefficient (Wildman–Crippen LogP) is 4.29. The fourth-order valence-electron chi connectivity index (χ4n) is 2.46. The highest BCUT2D eigenvalue weighted by molar-refractivity contribution is 7.14. The number of aromatic nitrogens is 1. The summed E-state index contributed by atoms with van der Waals surface area (Å²) in [5.41, 5.74) is 1.93. The average molecular weight is 398 g/mol. The molecule has 1 aromatic heterocycles. The summed E-state index contributed by atoms with van der Waals surface area (Å²) in [6.07, 6.45) is 1.71. The van der Waals surface area contributed by atoms with Crippen molar-refractivity contribution in [2.24, 2.45) is 0 Å². The minimum Gasteiger partial charge on any atom is -0.351 e. The molecule has 1 heterocycles. The van der Waals surface area contributed by atoms with E-state index in [1.54, 1.807) is 5.38 Å². The largest absolute Gasteiger partial charge is 0.351 e. The Morgan fingerprint density at radius 3 is 2.50 bits per heavy atom. The number of rotatable bonds is 7. The van der Waals surface area contributed by atoms with E-state index in [1.165, 1.54) is 29.8 Å². The number of aryl methyl sites for hydroxylation is 1. The Morgan fingerprint density at radius 1 is 1.00 bits per heavy atom. The van der Waals surface area contributed by atoms with E-state index in [4.69, 9.17) is 0 Å². The second kappa shape index (κ2) is 9.61. The van der Waals surface area contributed by atoms with E-state index in [9.17, 15) is 14.0 Å². The molecule has 0 unspecified atom stereocenters. The van der Waals surface area contributed by atoms with Gasteiger partial charge in [0.2, 0.25) is 0 Å². The predicted molar refractivity (Wildman–Crippen MR) is 108 cm³/mol. The van der Waals surface area contributed by atoms with Crippen LogP contribution in [0.3, 0.4) is 0 Å². The highest BCUT2D eigenvalue weighted by atomic mass is 32.1. The first-order chi connectivity index (χ1) is 13.6. The number of hydrogen-bond acceptors (Lipinski definition) is 4. The van der Waals surface area contributed by atoms with Crippen LogP contribution in [0.15, 0.2) is 60.0 Å². The molecule has 28 heavy (non-hydrogen) atoms. The smallest absolute Gasteiger partial charge is 0.325 e. The lowest BCUT2D eigenvalue weighted by Crippen LogP contribution is -2.25. The van der Waals surface area contributed by atoms with Gasteiger partial charge in [-0.2, -0.15) is 0 Å². The molecule has 0 radical (unpaired) electrons. The maximum Gasteiger partial charge on any atom is 0.325 e. The van der Waals surface area contributed by atoms with E-state index in [0.717, 1.165) is 24.2 Å². The normalized spacial score (nSPS) is 10.3. The van der Waals surface area contributed by atoms with Crippen molar-refractivity contribution in [3.8, 4) is 0 Å². The Bertz CT molecular complexity index is 929. The molecule has 0 saturated carbocycles. The van der Waals surface area contributed by atoms with E-state index in [-0.39, 0.29) is 17.4 Å². The van der Waals surface area contributed by atoms with Crippen LogP contribution < -0.4 is 16.0 Å². The fraction of sp³-hybridized carbons (Fsp3) is 0.150. The Morgan fingerprint density at radius 2 is 1.75 bits per heavy atom. The summed E-state index contributed by atoms with van der Waals surface area (Å²) < 4.78 is 12.9. The minimum absolute atomic E-state index is 0.252. The number of thiazole rings is 1. The zero-order valence-electron chi connectivity index (χ0n) is 14.9. The molecule has 0 aliphatic carbocycles. The van der Waals surface area contributed by atoms with Crippen LogP contribution in [0, 0.1) is 5.82 Å². The quantitative estimate of drug-likeness (QED) is 0.519. The Labute approximate surface area is 165 Å². The van der Waals surface area contributed by atoms with Gasteiger partial charge in [0, 0.05) is 17.6 Å². The van der Waals surface area contributed by atoms with Crippen LogP contribution in [0.1, 0.15) is 22.5 Å².